The van der Waals surface area contributed by atoms with Gasteiger partial charge in [0, 0.05) is 24.5 Å². The molecule has 0 aromatic carbocycles. The van der Waals surface area contributed by atoms with E-state index in [1.165, 1.54) is 22.7 Å². The van der Waals surface area contributed by atoms with E-state index in [9.17, 15) is 9.59 Å². The number of nitrogens with zero attached hydrogens (tertiary/aromatic N) is 3. The van der Waals surface area contributed by atoms with E-state index >= 15 is 0 Å². The summed E-state index contributed by atoms with van der Waals surface area (Å²) in [5, 5.41) is 5.74. The number of hydrogen-bond acceptors (Lipinski definition) is 6. The molecule has 1 N–H and O–H groups in total. The van der Waals surface area contributed by atoms with Crippen LogP contribution in [0, 0.1) is 6.92 Å². The maximum Gasteiger partial charge on any atom is 0.269 e. The average Bonchev–Trinajstić information content (AvgIpc) is 3.21. The number of aromatic nitrogens is 2. The molecule has 1 fully saturated rings. The highest BCUT2D eigenvalue weighted by Crippen LogP contribution is 2.33. The first-order valence-corrected chi connectivity index (χ1v) is 9.24. The smallest absolute Gasteiger partial charge is 0.269 e. The van der Waals surface area contributed by atoms with Crippen LogP contribution in [0.15, 0.2) is 11.6 Å². The number of aryl methyl sites for hydroxylation is 1. The van der Waals surface area contributed by atoms with E-state index in [0.717, 1.165) is 25.7 Å². The summed E-state index contributed by atoms with van der Waals surface area (Å²) in [6, 6.07) is 0.202. The third kappa shape index (κ3) is 3.42. The highest BCUT2D eigenvalue weighted by molar-refractivity contribution is 7.18. The Labute approximate surface area is 142 Å². The topological polar surface area (TPSA) is 75.2 Å². The minimum absolute atomic E-state index is 0.0162. The Hall–Kier alpha value is -1.80. The van der Waals surface area contributed by atoms with Crippen molar-refractivity contribution in [3.05, 3.63) is 22.1 Å². The van der Waals surface area contributed by atoms with Gasteiger partial charge < -0.3 is 0 Å². The molecule has 3 rings (SSSR count). The van der Waals surface area contributed by atoms with E-state index in [2.05, 4.69) is 15.3 Å². The van der Waals surface area contributed by atoms with E-state index in [0.29, 0.717) is 20.8 Å². The van der Waals surface area contributed by atoms with Gasteiger partial charge in [-0.2, -0.15) is 0 Å². The van der Waals surface area contributed by atoms with Gasteiger partial charge in [0.05, 0.1) is 5.69 Å². The Kier molecular flexibility index (Phi) is 4.72. The number of nitrogens with one attached hydrogen (secondary N) is 1. The van der Waals surface area contributed by atoms with Gasteiger partial charge in [0.15, 0.2) is 10.3 Å². The first-order valence-electron chi connectivity index (χ1n) is 7.54. The van der Waals surface area contributed by atoms with E-state index in [1.54, 1.807) is 30.3 Å². The van der Waals surface area contributed by atoms with Crippen molar-refractivity contribution < 1.29 is 9.59 Å². The van der Waals surface area contributed by atoms with Crippen LogP contribution >= 0.6 is 22.7 Å². The zero-order chi connectivity index (χ0) is 16.4. The van der Waals surface area contributed by atoms with Gasteiger partial charge in [-0.3, -0.25) is 19.8 Å². The quantitative estimate of drug-likeness (QED) is 0.916. The van der Waals surface area contributed by atoms with E-state index < -0.39 is 0 Å². The normalized spacial score (nSPS) is 14.9. The maximum atomic E-state index is 12.4. The van der Waals surface area contributed by atoms with Crippen LogP contribution in [-0.2, 0) is 4.79 Å². The van der Waals surface area contributed by atoms with Crippen molar-refractivity contribution in [1.29, 1.82) is 0 Å². The number of carbonyl (C=O) groups is 2. The van der Waals surface area contributed by atoms with E-state index in [1.807, 2.05) is 0 Å². The molecule has 2 aromatic rings. The Morgan fingerprint density at radius 3 is 2.70 bits per heavy atom. The van der Waals surface area contributed by atoms with Crippen molar-refractivity contribution in [3.63, 3.8) is 0 Å². The van der Waals surface area contributed by atoms with Gasteiger partial charge in [0.2, 0.25) is 5.91 Å². The lowest BCUT2D eigenvalue weighted by Gasteiger charge is -2.24. The molecule has 1 aliphatic carbocycles. The molecule has 0 unspecified atom stereocenters. The van der Waals surface area contributed by atoms with E-state index in [-0.39, 0.29) is 17.9 Å². The second-order valence-corrected chi connectivity index (χ2v) is 7.40. The highest BCUT2D eigenvalue weighted by Gasteiger charge is 2.29. The van der Waals surface area contributed by atoms with Crippen molar-refractivity contribution in [1.82, 2.24) is 9.97 Å². The van der Waals surface area contributed by atoms with Crippen molar-refractivity contribution in [2.75, 3.05) is 10.2 Å². The largest absolute Gasteiger partial charge is 0.297 e. The van der Waals surface area contributed by atoms with Crippen molar-refractivity contribution in [2.45, 2.75) is 45.6 Å². The molecular formula is C15H18N4O2S2. The number of carbonyl (C=O) groups excluding carboxylic acids is 2. The summed E-state index contributed by atoms with van der Waals surface area (Å²) in [6.45, 7) is 3.36. The van der Waals surface area contributed by atoms with Gasteiger partial charge in [-0.25, -0.2) is 9.97 Å². The van der Waals surface area contributed by atoms with Gasteiger partial charge in [0.25, 0.3) is 5.91 Å². The molecule has 0 bridgehead atoms. The van der Waals surface area contributed by atoms with Crippen molar-refractivity contribution in [2.24, 2.45) is 0 Å². The third-order valence-corrected chi connectivity index (χ3v) is 5.72. The van der Waals surface area contributed by atoms with Crippen LogP contribution in [0.25, 0.3) is 0 Å². The maximum absolute atomic E-state index is 12.4. The molecule has 122 valence electrons. The summed E-state index contributed by atoms with van der Waals surface area (Å²) >= 11 is 2.64. The molecule has 1 saturated carbocycles. The summed E-state index contributed by atoms with van der Waals surface area (Å²) in [5.41, 5.74) is 0.642. The Balaban J connectivity index is 1.84. The molecule has 23 heavy (non-hydrogen) atoms. The molecular weight excluding hydrogens is 332 g/mol. The van der Waals surface area contributed by atoms with Gasteiger partial charge in [-0.15, -0.1) is 11.3 Å². The standard InChI is InChI=1S/C15H18N4O2S2/c1-9-12(13(21)18-14-16-7-8-22-14)23-15(17-9)19(10(2)20)11-5-3-4-6-11/h7-8,11H,3-6H2,1-2H3,(H,16,18,21). The monoisotopic (exact) mass is 350 g/mol. The fourth-order valence-electron chi connectivity index (χ4n) is 2.85. The van der Waals surface area contributed by atoms with Crippen LogP contribution < -0.4 is 10.2 Å². The van der Waals surface area contributed by atoms with Gasteiger partial charge in [-0.05, 0) is 19.8 Å². The number of amides is 2. The van der Waals surface area contributed by atoms with E-state index in [4.69, 9.17) is 0 Å². The number of rotatable bonds is 4. The summed E-state index contributed by atoms with van der Waals surface area (Å²) in [5.74, 6) is -0.242. The predicted molar refractivity (Wildman–Crippen MR) is 92.3 cm³/mol. The molecule has 2 aromatic heterocycles. The molecule has 1 aliphatic rings. The number of thiazole rings is 2. The first kappa shape index (κ1) is 16.1. The molecule has 0 aliphatic heterocycles. The summed E-state index contributed by atoms with van der Waals surface area (Å²) in [6.07, 6.45) is 5.91. The zero-order valence-corrected chi connectivity index (χ0v) is 14.7. The lowest BCUT2D eigenvalue weighted by molar-refractivity contribution is -0.117. The number of hydrogen-bond donors (Lipinski definition) is 1. The lowest BCUT2D eigenvalue weighted by atomic mass is 10.2. The average molecular weight is 350 g/mol. The second kappa shape index (κ2) is 6.76. The van der Waals surface area contributed by atoms with Gasteiger partial charge in [-0.1, -0.05) is 24.2 Å². The zero-order valence-electron chi connectivity index (χ0n) is 13.0. The summed E-state index contributed by atoms with van der Waals surface area (Å²) in [4.78, 5) is 35.3. The molecule has 0 spiro atoms. The second-order valence-electron chi connectivity index (χ2n) is 5.53. The van der Waals surface area contributed by atoms with Crippen molar-refractivity contribution in [3.8, 4) is 0 Å². The van der Waals surface area contributed by atoms with Crippen LogP contribution in [0.1, 0.15) is 48.0 Å². The molecule has 6 nitrogen and oxygen atoms in total. The lowest BCUT2D eigenvalue weighted by Crippen LogP contribution is -2.37. The minimum Gasteiger partial charge on any atom is -0.297 e. The first-order chi connectivity index (χ1) is 11.1. The van der Waals surface area contributed by atoms with Crippen LogP contribution in [0.2, 0.25) is 0 Å². The minimum atomic E-state index is -0.226. The molecule has 2 amide bonds. The predicted octanol–water partition coefficient (Wildman–Crippen LogP) is 3.46. The fraction of sp³-hybridized carbons (Fsp3) is 0.467. The Morgan fingerprint density at radius 2 is 2.09 bits per heavy atom. The Morgan fingerprint density at radius 1 is 1.35 bits per heavy atom. The molecule has 0 atom stereocenters. The molecule has 2 heterocycles. The fourth-order valence-corrected chi connectivity index (χ4v) is 4.45. The van der Waals surface area contributed by atoms with Crippen LogP contribution in [-0.4, -0.2) is 27.8 Å². The highest BCUT2D eigenvalue weighted by atomic mass is 32.1. The molecule has 8 heteroatoms. The summed E-state index contributed by atoms with van der Waals surface area (Å²) in [7, 11) is 0. The molecule has 0 radical (unpaired) electrons. The molecule has 0 saturated heterocycles. The van der Waals surface area contributed by atoms with Crippen LogP contribution in [0.4, 0.5) is 10.3 Å². The van der Waals surface area contributed by atoms with Gasteiger partial charge in [0.1, 0.15) is 4.88 Å². The summed E-state index contributed by atoms with van der Waals surface area (Å²) < 4.78 is 0. The van der Waals surface area contributed by atoms with Crippen molar-refractivity contribution >= 4 is 44.8 Å². The van der Waals surface area contributed by atoms with Crippen LogP contribution in [0.3, 0.4) is 0 Å². The van der Waals surface area contributed by atoms with Crippen LogP contribution in [0.5, 0.6) is 0 Å². The SMILES string of the molecule is CC(=O)N(c1nc(C)c(C(=O)Nc2nccs2)s1)C1CCCC1. The van der Waals surface area contributed by atoms with Gasteiger partial charge >= 0.3 is 0 Å². The Bertz CT molecular complexity index is 705. The third-order valence-electron chi connectivity index (χ3n) is 3.88. The number of anilines is 2.